The molecule has 0 aliphatic rings. The molecule has 0 saturated heterocycles. The van der Waals surface area contributed by atoms with Crippen LogP contribution in [-0.2, 0) is 11.2 Å². The Morgan fingerprint density at radius 2 is 1.82 bits per heavy atom. The van der Waals surface area contributed by atoms with Gasteiger partial charge >= 0.3 is 6.09 Å². The van der Waals surface area contributed by atoms with E-state index in [0.717, 1.165) is 32.5 Å². The van der Waals surface area contributed by atoms with E-state index in [-0.39, 0.29) is 6.09 Å². The summed E-state index contributed by atoms with van der Waals surface area (Å²) in [6, 6.07) is 10.4. The number of hydrogen-bond acceptors (Lipinski definition) is 3. The Morgan fingerprint density at radius 3 is 2.41 bits per heavy atom. The molecule has 4 nitrogen and oxygen atoms in total. The van der Waals surface area contributed by atoms with E-state index in [2.05, 4.69) is 36.5 Å². The summed E-state index contributed by atoms with van der Waals surface area (Å²) >= 11 is 0. The first-order valence-corrected chi connectivity index (χ1v) is 8.15. The first-order valence-electron chi connectivity index (χ1n) is 8.15. The fourth-order valence-electron chi connectivity index (χ4n) is 2.11. The van der Waals surface area contributed by atoms with Gasteiger partial charge in [0.25, 0.3) is 0 Å². The molecule has 0 heterocycles. The Hall–Kier alpha value is -1.55. The molecule has 0 aliphatic carbocycles. The number of benzene rings is 1. The summed E-state index contributed by atoms with van der Waals surface area (Å²) in [5.74, 6) is 0. The number of ether oxygens (including phenoxy) is 1. The van der Waals surface area contributed by atoms with E-state index >= 15 is 0 Å². The molecule has 4 heteroatoms. The van der Waals surface area contributed by atoms with Gasteiger partial charge in [-0.05, 0) is 45.7 Å². The summed E-state index contributed by atoms with van der Waals surface area (Å²) < 4.78 is 5.44. The third-order valence-corrected chi connectivity index (χ3v) is 3.14. The minimum Gasteiger partial charge on any atom is -0.444 e. The van der Waals surface area contributed by atoms with Crippen LogP contribution in [0.2, 0.25) is 0 Å². The molecule has 1 aromatic carbocycles. The van der Waals surface area contributed by atoms with E-state index in [1.165, 1.54) is 5.56 Å². The van der Waals surface area contributed by atoms with Crippen molar-refractivity contribution in [1.29, 1.82) is 0 Å². The molecular weight excluding hydrogens is 276 g/mol. The van der Waals surface area contributed by atoms with Gasteiger partial charge < -0.3 is 15.0 Å². The number of hydrogen-bond donors (Lipinski definition) is 1. The highest BCUT2D eigenvalue weighted by molar-refractivity contribution is 5.68. The zero-order valence-electron chi connectivity index (χ0n) is 14.4. The summed E-state index contributed by atoms with van der Waals surface area (Å²) in [5, 5.41) is 3.39. The van der Waals surface area contributed by atoms with Crippen LogP contribution in [0.25, 0.3) is 0 Å². The van der Waals surface area contributed by atoms with Crippen LogP contribution < -0.4 is 5.32 Å². The van der Waals surface area contributed by atoms with Crippen LogP contribution in [0.4, 0.5) is 4.79 Å². The van der Waals surface area contributed by atoms with Crippen LogP contribution in [0.3, 0.4) is 0 Å². The molecule has 1 rings (SSSR count). The molecule has 0 radical (unpaired) electrons. The van der Waals surface area contributed by atoms with Gasteiger partial charge in [0.05, 0.1) is 0 Å². The van der Waals surface area contributed by atoms with Gasteiger partial charge in [0, 0.05) is 19.6 Å². The third kappa shape index (κ3) is 8.03. The molecule has 124 valence electrons. The summed E-state index contributed by atoms with van der Waals surface area (Å²) in [4.78, 5) is 13.9. The van der Waals surface area contributed by atoms with E-state index < -0.39 is 5.60 Å². The van der Waals surface area contributed by atoms with Crippen LogP contribution in [-0.4, -0.2) is 42.8 Å². The van der Waals surface area contributed by atoms with Crippen LogP contribution in [0, 0.1) is 0 Å². The average Bonchev–Trinajstić information content (AvgIpc) is 2.45. The van der Waals surface area contributed by atoms with Gasteiger partial charge in [-0.2, -0.15) is 0 Å². The normalized spacial score (nSPS) is 11.3. The van der Waals surface area contributed by atoms with Gasteiger partial charge in [-0.15, -0.1) is 0 Å². The number of carbonyl (C=O) groups is 1. The largest absolute Gasteiger partial charge is 0.444 e. The van der Waals surface area contributed by atoms with E-state index in [0.29, 0.717) is 6.54 Å². The highest BCUT2D eigenvalue weighted by Gasteiger charge is 2.21. The fraction of sp³-hybridized carbons (Fsp3) is 0.611. The van der Waals surface area contributed by atoms with Crippen molar-refractivity contribution in [3.05, 3.63) is 35.9 Å². The van der Waals surface area contributed by atoms with Crippen LogP contribution >= 0.6 is 0 Å². The molecule has 1 amide bonds. The lowest BCUT2D eigenvalue weighted by atomic mass is 10.1. The molecule has 0 aliphatic heterocycles. The van der Waals surface area contributed by atoms with Crippen molar-refractivity contribution in [2.24, 2.45) is 0 Å². The second-order valence-electron chi connectivity index (χ2n) is 6.45. The fourth-order valence-corrected chi connectivity index (χ4v) is 2.11. The maximum atomic E-state index is 12.1. The standard InChI is InChI=1S/C18H30N2O2/c1-5-14-20(17(21)22-18(2,3)4)15-13-19-12-11-16-9-7-6-8-10-16/h6-10,19H,5,11-15H2,1-4H3. The number of nitrogens with zero attached hydrogens (tertiary/aromatic N) is 1. The Morgan fingerprint density at radius 1 is 1.14 bits per heavy atom. The summed E-state index contributed by atoms with van der Waals surface area (Å²) in [6.45, 7) is 10.9. The Bertz CT molecular complexity index is 426. The zero-order valence-corrected chi connectivity index (χ0v) is 14.4. The van der Waals surface area contributed by atoms with Crippen LogP contribution in [0.15, 0.2) is 30.3 Å². The molecule has 1 N–H and O–H groups in total. The summed E-state index contributed by atoms with van der Waals surface area (Å²) in [6.07, 6.45) is 1.71. The predicted molar refractivity (Wildman–Crippen MR) is 91.1 cm³/mol. The molecule has 0 unspecified atom stereocenters. The van der Waals surface area contributed by atoms with Crippen molar-refractivity contribution < 1.29 is 9.53 Å². The molecule has 0 spiro atoms. The highest BCUT2D eigenvalue weighted by atomic mass is 16.6. The van der Waals surface area contributed by atoms with Crippen molar-refractivity contribution in [3.63, 3.8) is 0 Å². The SMILES string of the molecule is CCCN(CCNCCc1ccccc1)C(=O)OC(C)(C)C. The second kappa shape index (κ2) is 9.46. The molecular formula is C18H30N2O2. The minimum atomic E-state index is -0.441. The predicted octanol–water partition coefficient (Wildman–Crippen LogP) is 3.47. The van der Waals surface area contributed by atoms with Gasteiger partial charge in [0.1, 0.15) is 5.60 Å². The second-order valence-corrected chi connectivity index (χ2v) is 6.45. The van der Waals surface area contributed by atoms with E-state index in [9.17, 15) is 4.79 Å². The lowest BCUT2D eigenvalue weighted by Gasteiger charge is -2.27. The van der Waals surface area contributed by atoms with E-state index in [1.54, 1.807) is 4.90 Å². The number of nitrogens with one attached hydrogen (secondary N) is 1. The third-order valence-electron chi connectivity index (χ3n) is 3.14. The maximum absolute atomic E-state index is 12.1. The molecule has 1 aromatic rings. The summed E-state index contributed by atoms with van der Waals surface area (Å²) in [7, 11) is 0. The molecule has 0 bridgehead atoms. The van der Waals surface area contributed by atoms with Crippen LogP contribution in [0.1, 0.15) is 39.7 Å². The van der Waals surface area contributed by atoms with E-state index in [4.69, 9.17) is 4.74 Å². The average molecular weight is 306 g/mol. The topological polar surface area (TPSA) is 41.6 Å². The Balaban J connectivity index is 2.27. The smallest absolute Gasteiger partial charge is 0.410 e. The van der Waals surface area contributed by atoms with Gasteiger partial charge in [-0.25, -0.2) is 4.79 Å². The van der Waals surface area contributed by atoms with Crippen molar-refractivity contribution in [2.75, 3.05) is 26.2 Å². The Kier molecular flexibility index (Phi) is 7.96. The van der Waals surface area contributed by atoms with Crippen LogP contribution in [0.5, 0.6) is 0 Å². The monoisotopic (exact) mass is 306 g/mol. The molecule has 22 heavy (non-hydrogen) atoms. The Labute approximate surface area is 134 Å². The first-order chi connectivity index (χ1) is 10.4. The maximum Gasteiger partial charge on any atom is 0.410 e. The van der Waals surface area contributed by atoms with Gasteiger partial charge in [-0.1, -0.05) is 37.3 Å². The lowest BCUT2D eigenvalue weighted by Crippen LogP contribution is -2.41. The minimum absolute atomic E-state index is 0.223. The number of amides is 1. The lowest BCUT2D eigenvalue weighted by molar-refractivity contribution is 0.0252. The van der Waals surface area contributed by atoms with Gasteiger partial charge in [0.15, 0.2) is 0 Å². The van der Waals surface area contributed by atoms with Crippen molar-refractivity contribution in [1.82, 2.24) is 10.2 Å². The molecule has 0 aromatic heterocycles. The summed E-state index contributed by atoms with van der Waals surface area (Å²) in [5.41, 5.74) is 0.886. The zero-order chi connectivity index (χ0) is 16.4. The molecule has 0 saturated carbocycles. The van der Waals surface area contributed by atoms with Gasteiger partial charge in [0.2, 0.25) is 0 Å². The van der Waals surface area contributed by atoms with Crippen molar-refractivity contribution >= 4 is 6.09 Å². The first kappa shape index (κ1) is 18.5. The van der Waals surface area contributed by atoms with E-state index in [1.807, 2.05) is 26.8 Å². The molecule has 0 fully saturated rings. The number of rotatable bonds is 8. The molecule has 0 atom stereocenters. The van der Waals surface area contributed by atoms with Crippen molar-refractivity contribution in [3.8, 4) is 0 Å². The van der Waals surface area contributed by atoms with Gasteiger partial charge in [-0.3, -0.25) is 0 Å². The van der Waals surface area contributed by atoms with Crippen molar-refractivity contribution in [2.45, 2.75) is 46.1 Å². The number of carbonyl (C=O) groups excluding carboxylic acids is 1. The highest BCUT2D eigenvalue weighted by Crippen LogP contribution is 2.10. The quantitative estimate of drug-likeness (QED) is 0.748.